The molecule has 17 heavy (non-hydrogen) atoms. The summed E-state index contributed by atoms with van der Waals surface area (Å²) in [6.07, 6.45) is 5.45. The highest BCUT2D eigenvalue weighted by molar-refractivity contribution is 5.43. The van der Waals surface area contributed by atoms with Crippen molar-refractivity contribution in [3.05, 3.63) is 24.4 Å². The van der Waals surface area contributed by atoms with Crippen LogP contribution in [-0.2, 0) is 0 Å². The van der Waals surface area contributed by atoms with Gasteiger partial charge in [0, 0.05) is 12.2 Å². The summed E-state index contributed by atoms with van der Waals surface area (Å²) >= 11 is 0. The van der Waals surface area contributed by atoms with Gasteiger partial charge in [0.05, 0.1) is 0 Å². The maximum atomic E-state index is 4.46. The van der Waals surface area contributed by atoms with E-state index in [0.717, 1.165) is 31.1 Å². The number of nitrogens with zero attached hydrogens (tertiary/aromatic N) is 3. The molecule has 90 valence electrons. The summed E-state index contributed by atoms with van der Waals surface area (Å²) in [6.45, 7) is 2.20. The van der Waals surface area contributed by atoms with Crippen LogP contribution >= 0.6 is 0 Å². The third-order valence-corrected chi connectivity index (χ3v) is 3.15. The quantitative estimate of drug-likeness (QED) is 0.817. The molecule has 1 unspecified atom stereocenters. The molecule has 0 aliphatic carbocycles. The van der Waals surface area contributed by atoms with E-state index in [0.29, 0.717) is 6.04 Å². The van der Waals surface area contributed by atoms with Gasteiger partial charge < -0.3 is 10.6 Å². The Bertz CT molecular complexity index is 451. The van der Waals surface area contributed by atoms with Crippen molar-refractivity contribution in [2.24, 2.45) is 0 Å². The summed E-state index contributed by atoms with van der Waals surface area (Å²) < 4.78 is 1.80. The average molecular weight is 231 g/mol. The van der Waals surface area contributed by atoms with E-state index < -0.39 is 0 Å². The van der Waals surface area contributed by atoms with E-state index >= 15 is 0 Å². The number of rotatable bonds is 2. The van der Waals surface area contributed by atoms with Crippen LogP contribution in [0, 0.1) is 0 Å². The van der Waals surface area contributed by atoms with Crippen LogP contribution in [0.2, 0.25) is 0 Å². The Morgan fingerprint density at radius 1 is 1.29 bits per heavy atom. The second-order valence-corrected chi connectivity index (χ2v) is 4.46. The highest BCUT2D eigenvalue weighted by Crippen LogP contribution is 2.12. The standard InChI is InChI=1S/C12H17N5/c1-2-9-17-11(5-1)15-12(16-17)14-10-4-3-7-13-8-6-10/h1-2,5,9-10,13H,3-4,6-8H2,(H,14,16). The lowest BCUT2D eigenvalue weighted by Gasteiger charge is -2.13. The molecule has 5 heteroatoms. The van der Waals surface area contributed by atoms with Crippen LogP contribution in [0.1, 0.15) is 19.3 Å². The monoisotopic (exact) mass is 231 g/mol. The largest absolute Gasteiger partial charge is 0.350 e. The lowest BCUT2D eigenvalue weighted by atomic mass is 10.1. The molecule has 2 N–H and O–H groups in total. The van der Waals surface area contributed by atoms with Gasteiger partial charge in [0.25, 0.3) is 0 Å². The van der Waals surface area contributed by atoms with Crippen LogP contribution in [0.4, 0.5) is 5.95 Å². The minimum Gasteiger partial charge on any atom is -0.350 e. The van der Waals surface area contributed by atoms with Gasteiger partial charge in [-0.25, -0.2) is 4.52 Å². The van der Waals surface area contributed by atoms with Crippen molar-refractivity contribution < 1.29 is 0 Å². The number of anilines is 1. The third kappa shape index (κ3) is 2.39. The summed E-state index contributed by atoms with van der Waals surface area (Å²) in [5.74, 6) is 0.739. The fourth-order valence-corrected chi connectivity index (χ4v) is 2.24. The number of fused-ring (bicyclic) bond motifs is 1. The predicted octanol–water partition coefficient (Wildman–Crippen LogP) is 1.28. The van der Waals surface area contributed by atoms with E-state index in [1.54, 1.807) is 4.52 Å². The summed E-state index contributed by atoms with van der Waals surface area (Å²) in [4.78, 5) is 4.46. The molecule has 0 saturated carbocycles. The van der Waals surface area contributed by atoms with Crippen LogP contribution in [0.5, 0.6) is 0 Å². The van der Waals surface area contributed by atoms with Crippen molar-refractivity contribution >= 4 is 11.6 Å². The van der Waals surface area contributed by atoms with E-state index in [4.69, 9.17) is 0 Å². The van der Waals surface area contributed by atoms with E-state index in [9.17, 15) is 0 Å². The Labute approximate surface area is 100 Å². The van der Waals surface area contributed by atoms with Gasteiger partial charge >= 0.3 is 0 Å². The third-order valence-electron chi connectivity index (χ3n) is 3.15. The van der Waals surface area contributed by atoms with E-state index in [2.05, 4.69) is 20.7 Å². The van der Waals surface area contributed by atoms with Gasteiger partial charge in [-0.1, -0.05) is 6.07 Å². The van der Waals surface area contributed by atoms with Crippen molar-refractivity contribution in [3.63, 3.8) is 0 Å². The zero-order valence-corrected chi connectivity index (χ0v) is 9.76. The first-order valence-corrected chi connectivity index (χ1v) is 6.20. The van der Waals surface area contributed by atoms with E-state index in [-0.39, 0.29) is 0 Å². The van der Waals surface area contributed by atoms with Crippen LogP contribution in [0.15, 0.2) is 24.4 Å². The van der Waals surface area contributed by atoms with Crippen LogP contribution in [0.3, 0.4) is 0 Å². The SMILES string of the molecule is c1ccn2nc(NC3CCCNCC3)nc2c1. The molecule has 0 bridgehead atoms. The fourth-order valence-electron chi connectivity index (χ4n) is 2.24. The number of hydrogen-bond acceptors (Lipinski definition) is 4. The van der Waals surface area contributed by atoms with Crippen LogP contribution in [-0.4, -0.2) is 33.7 Å². The molecule has 1 aliphatic rings. The zero-order valence-electron chi connectivity index (χ0n) is 9.76. The Hall–Kier alpha value is -1.62. The Balaban J connectivity index is 1.75. The zero-order chi connectivity index (χ0) is 11.5. The van der Waals surface area contributed by atoms with Gasteiger partial charge in [-0.3, -0.25) is 0 Å². The number of aromatic nitrogens is 3. The highest BCUT2D eigenvalue weighted by atomic mass is 15.3. The van der Waals surface area contributed by atoms with E-state index in [1.165, 1.54) is 12.8 Å². The molecule has 5 nitrogen and oxygen atoms in total. The van der Waals surface area contributed by atoms with Crippen molar-refractivity contribution in [3.8, 4) is 0 Å². The van der Waals surface area contributed by atoms with Crippen LogP contribution < -0.4 is 10.6 Å². The van der Waals surface area contributed by atoms with Gasteiger partial charge in [0.15, 0.2) is 5.65 Å². The highest BCUT2D eigenvalue weighted by Gasteiger charge is 2.13. The maximum absolute atomic E-state index is 4.46. The number of nitrogens with one attached hydrogen (secondary N) is 2. The molecule has 2 aromatic heterocycles. The molecule has 1 fully saturated rings. The molecule has 0 aromatic carbocycles. The maximum Gasteiger partial charge on any atom is 0.243 e. The number of hydrogen-bond donors (Lipinski definition) is 2. The second-order valence-electron chi connectivity index (χ2n) is 4.46. The normalized spacial score (nSPS) is 21.3. The topological polar surface area (TPSA) is 54.2 Å². The minimum absolute atomic E-state index is 0.488. The first-order valence-electron chi connectivity index (χ1n) is 6.20. The van der Waals surface area contributed by atoms with Gasteiger partial charge in [0.1, 0.15) is 0 Å². The van der Waals surface area contributed by atoms with E-state index in [1.807, 2.05) is 24.4 Å². The summed E-state index contributed by atoms with van der Waals surface area (Å²) in [6, 6.07) is 6.39. The first-order chi connectivity index (χ1) is 8.42. The fraction of sp³-hybridized carbons (Fsp3) is 0.500. The average Bonchev–Trinajstić information content (AvgIpc) is 2.57. The minimum atomic E-state index is 0.488. The summed E-state index contributed by atoms with van der Waals surface area (Å²) in [7, 11) is 0. The van der Waals surface area contributed by atoms with Crippen LogP contribution in [0.25, 0.3) is 5.65 Å². The Morgan fingerprint density at radius 2 is 2.29 bits per heavy atom. The Kier molecular flexibility index (Phi) is 2.92. The molecule has 1 atom stereocenters. The summed E-state index contributed by atoms with van der Waals surface area (Å²) in [5, 5.41) is 11.2. The van der Waals surface area contributed by atoms with Gasteiger partial charge in [-0.15, -0.1) is 5.10 Å². The van der Waals surface area contributed by atoms with Gasteiger partial charge in [-0.2, -0.15) is 4.98 Å². The van der Waals surface area contributed by atoms with Gasteiger partial charge in [-0.05, 0) is 44.5 Å². The molecule has 3 rings (SSSR count). The predicted molar refractivity (Wildman–Crippen MR) is 67.1 cm³/mol. The lowest BCUT2D eigenvalue weighted by Crippen LogP contribution is -2.22. The molecular weight excluding hydrogens is 214 g/mol. The van der Waals surface area contributed by atoms with Gasteiger partial charge in [0.2, 0.25) is 5.95 Å². The van der Waals surface area contributed by atoms with Crippen molar-refractivity contribution in [2.75, 3.05) is 18.4 Å². The molecule has 2 aromatic rings. The molecule has 1 saturated heterocycles. The molecule has 0 radical (unpaired) electrons. The molecule has 0 spiro atoms. The first kappa shape index (κ1) is 10.5. The molecular formula is C12H17N5. The van der Waals surface area contributed by atoms with Crippen molar-refractivity contribution in [2.45, 2.75) is 25.3 Å². The molecule has 1 aliphatic heterocycles. The van der Waals surface area contributed by atoms with Crippen molar-refractivity contribution in [1.82, 2.24) is 19.9 Å². The summed E-state index contributed by atoms with van der Waals surface area (Å²) in [5.41, 5.74) is 0.891. The lowest BCUT2D eigenvalue weighted by molar-refractivity contribution is 0.631. The number of pyridine rings is 1. The smallest absolute Gasteiger partial charge is 0.243 e. The second kappa shape index (κ2) is 4.71. The molecule has 3 heterocycles. The van der Waals surface area contributed by atoms with Crippen molar-refractivity contribution in [1.29, 1.82) is 0 Å². The Morgan fingerprint density at radius 3 is 3.24 bits per heavy atom. The molecule has 0 amide bonds.